The molecule has 0 bridgehead atoms. The van der Waals surface area contributed by atoms with Crippen LogP contribution in [0.5, 0.6) is 0 Å². The van der Waals surface area contributed by atoms with Crippen LogP contribution >= 0.6 is 0 Å². The number of benzene rings is 9. The van der Waals surface area contributed by atoms with Crippen LogP contribution in [0, 0.1) is 0 Å². The van der Waals surface area contributed by atoms with Crippen molar-refractivity contribution >= 4 is 43.2 Å². The van der Waals surface area contributed by atoms with Gasteiger partial charge in [-0.1, -0.05) is 170 Å². The van der Waals surface area contributed by atoms with Gasteiger partial charge in [-0.2, -0.15) is 0 Å². The summed E-state index contributed by atoms with van der Waals surface area (Å²) >= 11 is 0. The normalized spacial score (nSPS) is 11.6. The second kappa shape index (κ2) is 12.8. The highest BCUT2D eigenvalue weighted by molar-refractivity contribution is 6.25. The van der Waals surface area contributed by atoms with Crippen molar-refractivity contribution in [1.82, 2.24) is 4.57 Å². The zero-order valence-electron chi connectivity index (χ0n) is 29.6. The second-order valence-electron chi connectivity index (χ2n) is 13.9. The fourth-order valence-electron chi connectivity index (χ4n) is 8.57. The molecule has 1 nitrogen and oxygen atoms in total. The van der Waals surface area contributed by atoms with Gasteiger partial charge in [-0.3, -0.25) is 0 Å². The average Bonchev–Trinajstić information content (AvgIpc) is 3.63. The first-order valence-electron chi connectivity index (χ1n) is 18.6. The largest absolute Gasteiger partial charge is 0.341 e. The monoisotopic (exact) mass is 675 g/mol. The average molecular weight is 676 g/mol. The van der Waals surface area contributed by atoms with Gasteiger partial charge in [0.15, 0.2) is 0 Å². The van der Waals surface area contributed by atoms with Crippen molar-refractivity contribution in [2.75, 3.05) is 0 Å². The zero-order chi connectivity index (χ0) is 35.3. The Morgan fingerprint density at radius 2 is 0.811 bits per heavy atom. The van der Waals surface area contributed by atoms with E-state index in [-0.39, 0.29) is 0 Å². The molecule has 0 radical (unpaired) electrons. The minimum atomic E-state index is 0.901. The van der Waals surface area contributed by atoms with E-state index < -0.39 is 0 Å². The van der Waals surface area contributed by atoms with Crippen molar-refractivity contribution in [3.63, 3.8) is 0 Å². The molecule has 0 aliphatic carbocycles. The van der Waals surface area contributed by atoms with Crippen molar-refractivity contribution < 1.29 is 0 Å². The van der Waals surface area contributed by atoms with E-state index in [1.165, 1.54) is 99.0 Å². The van der Waals surface area contributed by atoms with Crippen LogP contribution in [0.4, 0.5) is 0 Å². The van der Waals surface area contributed by atoms with E-state index in [4.69, 9.17) is 0 Å². The quantitative estimate of drug-likeness (QED) is 0.155. The van der Waals surface area contributed by atoms with E-state index in [0.29, 0.717) is 0 Å². The molecular formula is C52H37N. The highest BCUT2D eigenvalue weighted by Crippen LogP contribution is 2.44. The Hall–Kier alpha value is -6.70. The molecule has 10 rings (SSSR count). The zero-order valence-corrected chi connectivity index (χ0v) is 29.6. The van der Waals surface area contributed by atoms with E-state index in [0.717, 1.165) is 6.54 Å². The van der Waals surface area contributed by atoms with Crippen LogP contribution in [0.1, 0.15) is 6.92 Å². The van der Waals surface area contributed by atoms with Gasteiger partial charge in [0.25, 0.3) is 0 Å². The molecule has 0 atom stereocenters. The third-order valence-electron chi connectivity index (χ3n) is 11.0. The first kappa shape index (κ1) is 31.1. The van der Waals surface area contributed by atoms with Gasteiger partial charge in [0.1, 0.15) is 0 Å². The SMILES string of the molecule is CCn1c(-c2ccccc2)cc2c(-c3ccc(-c4ccc5c6ccccc6c6ccccc6c5c4)c(-c4ccccc4-c4ccccc4)c3)cccc21. The van der Waals surface area contributed by atoms with Crippen molar-refractivity contribution in [1.29, 1.82) is 0 Å². The fraction of sp³-hybridized carbons (Fsp3) is 0.0385. The van der Waals surface area contributed by atoms with Crippen LogP contribution in [-0.2, 0) is 6.54 Å². The summed E-state index contributed by atoms with van der Waals surface area (Å²) < 4.78 is 2.44. The molecule has 9 aromatic carbocycles. The molecule has 1 heterocycles. The maximum Gasteiger partial charge on any atom is 0.0491 e. The molecule has 53 heavy (non-hydrogen) atoms. The van der Waals surface area contributed by atoms with E-state index >= 15 is 0 Å². The molecule has 1 heteroatoms. The lowest BCUT2D eigenvalue weighted by Crippen LogP contribution is -1.96. The summed E-state index contributed by atoms with van der Waals surface area (Å²) in [6, 6.07) is 71.4. The number of fused-ring (bicyclic) bond motifs is 7. The number of rotatable bonds is 6. The Kier molecular flexibility index (Phi) is 7.51. The van der Waals surface area contributed by atoms with Crippen LogP contribution in [0.15, 0.2) is 194 Å². The van der Waals surface area contributed by atoms with Crippen LogP contribution < -0.4 is 0 Å². The third-order valence-corrected chi connectivity index (χ3v) is 11.0. The Morgan fingerprint density at radius 1 is 0.302 bits per heavy atom. The highest BCUT2D eigenvalue weighted by Gasteiger charge is 2.18. The van der Waals surface area contributed by atoms with Crippen LogP contribution in [0.3, 0.4) is 0 Å². The summed E-state index contributed by atoms with van der Waals surface area (Å²) in [6.07, 6.45) is 0. The van der Waals surface area contributed by atoms with Gasteiger partial charge in [0.05, 0.1) is 0 Å². The molecule has 0 N–H and O–H groups in total. The third kappa shape index (κ3) is 5.16. The van der Waals surface area contributed by atoms with Crippen LogP contribution in [0.25, 0.3) is 99.0 Å². The molecule has 0 fully saturated rings. The highest BCUT2D eigenvalue weighted by atomic mass is 15.0. The number of hydrogen-bond donors (Lipinski definition) is 0. The predicted molar refractivity (Wildman–Crippen MR) is 227 cm³/mol. The predicted octanol–water partition coefficient (Wildman–Crippen LogP) is 14.5. The number of nitrogens with zero attached hydrogens (tertiary/aromatic N) is 1. The molecule has 0 spiro atoms. The number of aromatic nitrogens is 1. The van der Waals surface area contributed by atoms with E-state index in [2.05, 4.69) is 206 Å². The smallest absolute Gasteiger partial charge is 0.0491 e. The van der Waals surface area contributed by atoms with Gasteiger partial charge in [-0.25, -0.2) is 0 Å². The summed E-state index contributed by atoms with van der Waals surface area (Å²) in [5.41, 5.74) is 13.5. The molecule has 0 saturated heterocycles. The summed E-state index contributed by atoms with van der Waals surface area (Å²) in [4.78, 5) is 0. The topological polar surface area (TPSA) is 4.93 Å². The molecule has 0 amide bonds. The van der Waals surface area contributed by atoms with Gasteiger partial charge in [-0.15, -0.1) is 0 Å². The molecular weight excluding hydrogens is 639 g/mol. The van der Waals surface area contributed by atoms with Crippen molar-refractivity contribution in [2.24, 2.45) is 0 Å². The van der Waals surface area contributed by atoms with Crippen LogP contribution in [-0.4, -0.2) is 4.57 Å². The molecule has 0 aliphatic rings. The van der Waals surface area contributed by atoms with E-state index in [1.807, 2.05) is 0 Å². The van der Waals surface area contributed by atoms with Gasteiger partial charge < -0.3 is 4.57 Å². The lowest BCUT2D eigenvalue weighted by Gasteiger charge is -2.18. The maximum absolute atomic E-state index is 2.44. The number of hydrogen-bond acceptors (Lipinski definition) is 0. The molecule has 0 aliphatic heterocycles. The van der Waals surface area contributed by atoms with Crippen molar-refractivity contribution in [2.45, 2.75) is 13.5 Å². The molecule has 250 valence electrons. The summed E-state index contributed by atoms with van der Waals surface area (Å²) in [7, 11) is 0. The van der Waals surface area contributed by atoms with Crippen molar-refractivity contribution in [3.8, 4) is 55.8 Å². The standard InChI is InChI=1S/C52H37N/c1-2-53-51-27-15-26-40(50(51)34-52(53)36-18-7-4-8-19-36)37-28-30-41(48(32-37)42-21-10-9-20-39(42)35-16-5-3-6-17-35)38-29-31-47-45-24-12-11-22-43(45)44-23-13-14-25-46(44)49(47)33-38/h3-34H,2H2,1H3. The summed E-state index contributed by atoms with van der Waals surface area (Å²) in [5, 5.41) is 9.00. The lowest BCUT2D eigenvalue weighted by atomic mass is 9.86. The molecule has 0 saturated carbocycles. The van der Waals surface area contributed by atoms with Gasteiger partial charge in [0.2, 0.25) is 0 Å². The lowest BCUT2D eigenvalue weighted by molar-refractivity contribution is 0.805. The summed E-state index contributed by atoms with van der Waals surface area (Å²) in [6.45, 7) is 3.14. The first-order chi connectivity index (χ1) is 26.3. The minimum absolute atomic E-state index is 0.901. The van der Waals surface area contributed by atoms with Crippen LogP contribution in [0.2, 0.25) is 0 Å². The van der Waals surface area contributed by atoms with E-state index in [1.54, 1.807) is 0 Å². The first-order valence-corrected chi connectivity index (χ1v) is 18.6. The summed E-state index contributed by atoms with van der Waals surface area (Å²) in [5.74, 6) is 0. The van der Waals surface area contributed by atoms with E-state index in [9.17, 15) is 0 Å². The van der Waals surface area contributed by atoms with Crippen molar-refractivity contribution in [3.05, 3.63) is 194 Å². The van der Waals surface area contributed by atoms with Gasteiger partial charge in [0, 0.05) is 23.1 Å². The second-order valence-corrected chi connectivity index (χ2v) is 13.9. The Morgan fingerprint density at radius 3 is 1.49 bits per heavy atom. The number of aryl methyl sites for hydroxylation is 1. The Labute approximate surface area is 310 Å². The molecule has 1 aromatic heterocycles. The Bertz CT molecular complexity index is 2930. The fourth-order valence-corrected chi connectivity index (χ4v) is 8.57. The maximum atomic E-state index is 2.44. The van der Waals surface area contributed by atoms with Gasteiger partial charge >= 0.3 is 0 Å². The molecule has 10 aromatic rings. The minimum Gasteiger partial charge on any atom is -0.341 e. The Balaban J connectivity index is 1.23. The molecule has 0 unspecified atom stereocenters. The van der Waals surface area contributed by atoms with Gasteiger partial charge in [-0.05, 0) is 114 Å².